The average molecular weight is 239 g/mol. The van der Waals surface area contributed by atoms with E-state index in [9.17, 15) is 13.5 Å². The zero-order valence-corrected chi connectivity index (χ0v) is 10.6. The molecule has 0 bridgehead atoms. The molecule has 1 unspecified atom stereocenters. The number of β-amino-alcohol motifs (C(OH)–C–C–N with tert-alkyl or cyclic N) is 1. The number of hydrogen-bond acceptors (Lipinski definition) is 4. The lowest BCUT2D eigenvalue weighted by Gasteiger charge is -2.36. The van der Waals surface area contributed by atoms with E-state index in [-0.39, 0.29) is 18.9 Å². The van der Waals surface area contributed by atoms with Crippen molar-refractivity contribution in [3.8, 4) is 0 Å². The van der Waals surface area contributed by atoms with Gasteiger partial charge in [-0.15, -0.1) is 0 Å². The van der Waals surface area contributed by atoms with Gasteiger partial charge in [-0.1, -0.05) is 0 Å². The van der Waals surface area contributed by atoms with Gasteiger partial charge in [-0.25, -0.2) is 8.42 Å². The summed E-state index contributed by atoms with van der Waals surface area (Å²) in [5.41, 5.74) is -0.883. The second kappa shape index (κ2) is 5.25. The summed E-state index contributed by atoms with van der Waals surface area (Å²) in [7, 11) is -3.41. The first-order chi connectivity index (χ1) is 6.67. The first-order valence-corrected chi connectivity index (χ1v) is 6.57. The molecule has 6 heteroatoms. The molecule has 0 saturated heterocycles. The third kappa shape index (κ3) is 4.06. The monoisotopic (exact) mass is 239 g/mol. The van der Waals surface area contributed by atoms with E-state index in [0.717, 1.165) is 4.31 Å². The fourth-order valence-electron chi connectivity index (χ4n) is 1.21. The van der Waals surface area contributed by atoms with Gasteiger partial charge in [0.25, 0.3) is 0 Å². The van der Waals surface area contributed by atoms with Crippen LogP contribution in [0.1, 0.15) is 27.7 Å². The number of aliphatic hydroxyl groups excluding tert-OH is 2. The molecule has 0 aliphatic carbocycles. The van der Waals surface area contributed by atoms with Gasteiger partial charge in [0.1, 0.15) is 0 Å². The Morgan fingerprint density at radius 2 is 1.87 bits per heavy atom. The average Bonchev–Trinajstić information content (AvgIpc) is 2.13. The van der Waals surface area contributed by atoms with Gasteiger partial charge in [0.05, 0.1) is 24.0 Å². The highest BCUT2D eigenvalue weighted by atomic mass is 32.2. The van der Waals surface area contributed by atoms with E-state index in [2.05, 4.69) is 0 Å². The highest BCUT2D eigenvalue weighted by Gasteiger charge is 2.35. The molecule has 0 aliphatic heterocycles. The van der Waals surface area contributed by atoms with Crippen LogP contribution in [0.25, 0.3) is 0 Å². The maximum atomic E-state index is 11.7. The lowest BCUT2D eigenvalue weighted by atomic mass is 10.1. The summed E-state index contributed by atoms with van der Waals surface area (Å²) in [4.78, 5) is 0. The number of rotatable bonds is 6. The summed E-state index contributed by atoms with van der Waals surface area (Å²) >= 11 is 0. The second-order valence-corrected chi connectivity index (χ2v) is 6.43. The topological polar surface area (TPSA) is 77.8 Å². The number of hydrogen-bond donors (Lipinski definition) is 2. The first-order valence-electron chi connectivity index (χ1n) is 4.97. The van der Waals surface area contributed by atoms with Crippen molar-refractivity contribution in [1.29, 1.82) is 0 Å². The minimum atomic E-state index is -3.41. The van der Waals surface area contributed by atoms with Crippen LogP contribution in [0.5, 0.6) is 0 Å². The fraction of sp³-hybridized carbons (Fsp3) is 1.00. The summed E-state index contributed by atoms with van der Waals surface area (Å²) in [6.45, 7) is 6.04. The van der Waals surface area contributed by atoms with Gasteiger partial charge in [0.15, 0.2) is 0 Å². The molecule has 0 heterocycles. The molecule has 0 rings (SSSR count). The van der Waals surface area contributed by atoms with Crippen LogP contribution >= 0.6 is 0 Å². The van der Waals surface area contributed by atoms with Crippen molar-refractivity contribution in [3.63, 3.8) is 0 Å². The van der Waals surface area contributed by atoms with E-state index in [1.807, 2.05) is 0 Å². The lowest BCUT2D eigenvalue weighted by Crippen LogP contribution is -2.53. The largest absolute Gasteiger partial charge is 0.394 e. The molecule has 0 radical (unpaired) electrons. The fourth-order valence-corrected chi connectivity index (χ4v) is 2.78. The van der Waals surface area contributed by atoms with E-state index in [1.54, 1.807) is 13.8 Å². The van der Waals surface area contributed by atoms with Crippen molar-refractivity contribution in [2.24, 2.45) is 0 Å². The molecule has 1 atom stereocenters. The van der Waals surface area contributed by atoms with E-state index < -0.39 is 21.7 Å². The highest BCUT2D eigenvalue weighted by Crippen LogP contribution is 2.19. The Balaban J connectivity index is 5.07. The predicted octanol–water partition coefficient (Wildman–Crippen LogP) is -0.210. The third-order valence-electron chi connectivity index (χ3n) is 2.19. The molecule has 2 N–H and O–H groups in total. The Morgan fingerprint density at radius 1 is 1.40 bits per heavy atom. The highest BCUT2D eigenvalue weighted by molar-refractivity contribution is 7.89. The van der Waals surface area contributed by atoms with Crippen LogP contribution in [0.15, 0.2) is 0 Å². The molecule has 0 saturated carbocycles. The maximum Gasteiger partial charge on any atom is 0.214 e. The van der Waals surface area contributed by atoms with Crippen LogP contribution in [-0.4, -0.2) is 53.5 Å². The van der Waals surface area contributed by atoms with Gasteiger partial charge < -0.3 is 10.2 Å². The van der Waals surface area contributed by atoms with Gasteiger partial charge in [-0.2, -0.15) is 4.31 Å². The van der Waals surface area contributed by atoms with Crippen LogP contribution in [0.4, 0.5) is 0 Å². The summed E-state index contributed by atoms with van der Waals surface area (Å²) in [6.07, 6.45) is -0.753. The molecule has 15 heavy (non-hydrogen) atoms. The molecular formula is C9H21NO4S. The quantitative estimate of drug-likeness (QED) is 0.672. The van der Waals surface area contributed by atoms with Crippen molar-refractivity contribution in [3.05, 3.63) is 0 Å². The Labute approximate surface area is 91.8 Å². The van der Waals surface area contributed by atoms with Crippen LogP contribution in [0, 0.1) is 0 Å². The standard InChI is InChI=1S/C9H21NO4S/c1-5-15(13,14)10(6-8(2)12)9(3,4)7-11/h8,11-12H,5-7H2,1-4H3. The smallest absolute Gasteiger partial charge is 0.214 e. The maximum absolute atomic E-state index is 11.7. The molecule has 0 aromatic rings. The number of nitrogens with zero attached hydrogens (tertiary/aromatic N) is 1. The summed E-state index contributed by atoms with van der Waals surface area (Å²) in [6, 6.07) is 0. The van der Waals surface area contributed by atoms with Crippen LogP contribution in [0.3, 0.4) is 0 Å². The Kier molecular flexibility index (Phi) is 5.19. The molecule has 0 aromatic carbocycles. The number of aliphatic hydroxyl groups is 2. The Morgan fingerprint density at radius 3 is 2.13 bits per heavy atom. The van der Waals surface area contributed by atoms with Gasteiger partial charge in [-0.05, 0) is 27.7 Å². The second-order valence-electron chi connectivity index (χ2n) is 4.25. The van der Waals surface area contributed by atoms with Gasteiger partial charge in [0.2, 0.25) is 10.0 Å². The molecule has 0 amide bonds. The van der Waals surface area contributed by atoms with Crippen molar-refractivity contribution in [1.82, 2.24) is 4.31 Å². The van der Waals surface area contributed by atoms with E-state index in [4.69, 9.17) is 5.11 Å². The van der Waals surface area contributed by atoms with Gasteiger partial charge in [0, 0.05) is 6.54 Å². The normalized spacial score (nSPS) is 15.7. The van der Waals surface area contributed by atoms with Crippen LogP contribution in [-0.2, 0) is 10.0 Å². The summed E-state index contributed by atoms with van der Waals surface area (Å²) < 4.78 is 24.6. The minimum Gasteiger partial charge on any atom is -0.394 e. The lowest BCUT2D eigenvalue weighted by molar-refractivity contribution is 0.0806. The molecule has 92 valence electrons. The van der Waals surface area contributed by atoms with Gasteiger partial charge >= 0.3 is 0 Å². The Hall–Kier alpha value is -0.170. The van der Waals surface area contributed by atoms with Crippen LogP contribution < -0.4 is 0 Å². The van der Waals surface area contributed by atoms with E-state index in [1.165, 1.54) is 13.8 Å². The van der Waals surface area contributed by atoms with E-state index in [0.29, 0.717) is 0 Å². The number of sulfonamides is 1. The summed E-state index contributed by atoms with van der Waals surface area (Å²) in [5.74, 6) is -0.0385. The molecule has 0 aromatic heterocycles. The van der Waals surface area contributed by atoms with Gasteiger partial charge in [-0.3, -0.25) is 0 Å². The van der Waals surface area contributed by atoms with Crippen molar-refractivity contribution in [2.45, 2.75) is 39.3 Å². The molecular weight excluding hydrogens is 218 g/mol. The van der Waals surface area contributed by atoms with Crippen molar-refractivity contribution < 1.29 is 18.6 Å². The zero-order chi connectivity index (χ0) is 12.3. The SMILES string of the molecule is CCS(=O)(=O)N(CC(C)O)C(C)(C)CO. The van der Waals surface area contributed by atoms with Crippen molar-refractivity contribution in [2.75, 3.05) is 18.9 Å². The predicted molar refractivity (Wildman–Crippen MR) is 59.0 cm³/mol. The third-order valence-corrected chi connectivity index (χ3v) is 4.24. The molecule has 0 fully saturated rings. The minimum absolute atomic E-state index is 0.00370. The first kappa shape index (κ1) is 14.8. The Bertz CT molecular complexity index is 284. The van der Waals surface area contributed by atoms with Crippen molar-refractivity contribution >= 4 is 10.0 Å². The zero-order valence-electron chi connectivity index (χ0n) is 9.77. The molecule has 5 nitrogen and oxygen atoms in total. The van der Waals surface area contributed by atoms with Crippen LogP contribution in [0.2, 0.25) is 0 Å². The molecule has 0 spiro atoms. The van der Waals surface area contributed by atoms with E-state index >= 15 is 0 Å². The summed E-state index contributed by atoms with van der Waals surface area (Å²) in [5, 5.41) is 18.4. The molecule has 0 aliphatic rings.